The average molecular weight is 387 g/mol. The van der Waals surface area contributed by atoms with Gasteiger partial charge in [-0.15, -0.1) is 0 Å². The summed E-state index contributed by atoms with van der Waals surface area (Å²) in [6.45, 7) is 0. The van der Waals surface area contributed by atoms with Gasteiger partial charge >= 0.3 is 0 Å². The molecule has 1 N–H and O–H groups in total. The van der Waals surface area contributed by atoms with Gasteiger partial charge in [0.1, 0.15) is 0 Å². The Labute approximate surface area is 169 Å². The molecule has 3 aromatic rings. The van der Waals surface area contributed by atoms with Crippen LogP contribution in [0.1, 0.15) is 16.7 Å². The van der Waals surface area contributed by atoms with Gasteiger partial charge in [-0.3, -0.25) is 14.9 Å². The summed E-state index contributed by atoms with van der Waals surface area (Å²) in [4.78, 5) is 23.2. The lowest BCUT2D eigenvalue weighted by Gasteiger charge is -2.15. The maximum absolute atomic E-state index is 12.8. The second-order valence-electron chi connectivity index (χ2n) is 6.66. The Balaban J connectivity index is 1.70. The van der Waals surface area contributed by atoms with Crippen LogP contribution in [0.3, 0.4) is 0 Å². The van der Waals surface area contributed by atoms with Gasteiger partial charge in [-0.25, -0.2) is 5.43 Å². The van der Waals surface area contributed by atoms with Crippen LogP contribution in [0.15, 0.2) is 90.0 Å². The highest BCUT2D eigenvalue weighted by molar-refractivity contribution is 5.84. The minimum absolute atomic E-state index is 0.0219. The van der Waals surface area contributed by atoms with E-state index in [1.54, 1.807) is 12.1 Å². The van der Waals surface area contributed by atoms with E-state index >= 15 is 0 Å². The first-order chi connectivity index (χ1) is 14.1. The maximum atomic E-state index is 12.8. The van der Waals surface area contributed by atoms with E-state index < -0.39 is 4.92 Å². The predicted octanol–water partition coefficient (Wildman–Crippen LogP) is 4.15. The van der Waals surface area contributed by atoms with Gasteiger partial charge in [-0.05, 0) is 24.0 Å². The fourth-order valence-corrected chi connectivity index (χ4v) is 3.04. The summed E-state index contributed by atoms with van der Waals surface area (Å²) in [6.07, 6.45) is 2.59. The van der Waals surface area contributed by atoms with Crippen LogP contribution in [0, 0.1) is 16.0 Å². The highest BCUT2D eigenvalue weighted by atomic mass is 16.6. The number of nitrogens with zero attached hydrogens (tertiary/aromatic N) is 2. The molecule has 3 rings (SSSR count). The molecule has 0 spiro atoms. The molecule has 0 atom stereocenters. The number of carbonyl (C=O) groups is 1. The molecule has 146 valence electrons. The molecule has 0 radical (unpaired) electrons. The zero-order valence-electron chi connectivity index (χ0n) is 15.8. The normalized spacial score (nSPS) is 10.9. The van der Waals surface area contributed by atoms with Crippen LogP contribution in [-0.4, -0.2) is 17.0 Å². The first-order valence-corrected chi connectivity index (χ1v) is 9.27. The van der Waals surface area contributed by atoms with Crippen molar-refractivity contribution in [2.75, 3.05) is 0 Å². The van der Waals surface area contributed by atoms with Crippen molar-refractivity contribution in [3.63, 3.8) is 0 Å². The van der Waals surface area contributed by atoms with Crippen LogP contribution in [0.4, 0.5) is 5.69 Å². The average Bonchev–Trinajstić information content (AvgIpc) is 2.75. The van der Waals surface area contributed by atoms with Crippen molar-refractivity contribution in [2.24, 2.45) is 11.0 Å². The molecule has 0 aliphatic rings. The third-order valence-electron chi connectivity index (χ3n) is 4.49. The molecule has 6 nitrogen and oxygen atoms in total. The number of nitro groups is 1. The van der Waals surface area contributed by atoms with Crippen LogP contribution in [-0.2, 0) is 17.6 Å². The Hall–Kier alpha value is -3.80. The molecule has 0 saturated heterocycles. The van der Waals surface area contributed by atoms with Crippen molar-refractivity contribution < 1.29 is 9.72 Å². The van der Waals surface area contributed by atoms with Gasteiger partial charge in [0.25, 0.3) is 5.69 Å². The highest BCUT2D eigenvalue weighted by Crippen LogP contribution is 2.16. The van der Waals surface area contributed by atoms with E-state index in [-0.39, 0.29) is 17.5 Å². The molecule has 0 heterocycles. The minimum atomic E-state index is -0.467. The van der Waals surface area contributed by atoms with E-state index in [0.29, 0.717) is 18.4 Å². The predicted molar refractivity (Wildman–Crippen MR) is 113 cm³/mol. The number of nitro benzene ring substituents is 1. The third kappa shape index (κ3) is 6.10. The second kappa shape index (κ2) is 9.94. The monoisotopic (exact) mass is 387 g/mol. The minimum Gasteiger partial charge on any atom is -0.273 e. The van der Waals surface area contributed by atoms with Crippen LogP contribution >= 0.6 is 0 Å². The fraction of sp³-hybridized carbons (Fsp3) is 0.130. The van der Waals surface area contributed by atoms with Crippen molar-refractivity contribution in [3.8, 4) is 0 Å². The number of non-ortho nitro benzene ring substituents is 1. The Morgan fingerprint density at radius 2 is 1.52 bits per heavy atom. The lowest BCUT2D eigenvalue weighted by Crippen LogP contribution is -2.30. The summed E-state index contributed by atoms with van der Waals surface area (Å²) in [5.41, 5.74) is 5.25. The van der Waals surface area contributed by atoms with Crippen LogP contribution in [0.25, 0.3) is 0 Å². The van der Waals surface area contributed by atoms with Crippen molar-refractivity contribution in [2.45, 2.75) is 12.8 Å². The quantitative estimate of drug-likeness (QED) is 0.358. The van der Waals surface area contributed by atoms with E-state index in [1.807, 2.05) is 60.7 Å². The highest BCUT2D eigenvalue weighted by Gasteiger charge is 2.19. The SMILES string of the molecule is O=C(N/N=C\c1cccc([N+](=O)[O-])c1)C(Cc1ccccc1)Cc1ccccc1. The number of hydrogen-bond donors (Lipinski definition) is 1. The van der Waals surface area contributed by atoms with Gasteiger partial charge in [0, 0.05) is 23.6 Å². The number of nitrogens with one attached hydrogen (secondary N) is 1. The fourth-order valence-electron chi connectivity index (χ4n) is 3.04. The Morgan fingerprint density at radius 3 is 2.07 bits per heavy atom. The lowest BCUT2D eigenvalue weighted by molar-refractivity contribution is -0.384. The number of benzene rings is 3. The smallest absolute Gasteiger partial charge is 0.270 e. The van der Waals surface area contributed by atoms with E-state index in [1.165, 1.54) is 18.3 Å². The molecule has 0 saturated carbocycles. The number of carbonyl (C=O) groups excluding carboxylic acids is 1. The maximum Gasteiger partial charge on any atom is 0.270 e. The number of rotatable bonds is 8. The molecule has 0 aromatic heterocycles. The summed E-state index contributed by atoms with van der Waals surface area (Å²) in [7, 11) is 0. The van der Waals surface area contributed by atoms with Gasteiger partial charge in [0.05, 0.1) is 11.1 Å². The van der Waals surface area contributed by atoms with E-state index in [9.17, 15) is 14.9 Å². The van der Waals surface area contributed by atoms with Crippen molar-refractivity contribution in [1.82, 2.24) is 5.43 Å². The Bertz CT molecular complexity index is 947. The van der Waals surface area contributed by atoms with Crippen LogP contribution < -0.4 is 5.43 Å². The molecule has 6 heteroatoms. The molecule has 0 unspecified atom stereocenters. The van der Waals surface area contributed by atoms with E-state index in [4.69, 9.17) is 0 Å². The van der Waals surface area contributed by atoms with Gasteiger partial charge < -0.3 is 0 Å². The van der Waals surface area contributed by atoms with Gasteiger partial charge in [-0.2, -0.15) is 5.10 Å². The zero-order chi connectivity index (χ0) is 20.5. The summed E-state index contributed by atoms with van der Waals surface area (Å²) in [5, 5.41) is 14.9. The Kier molecular flexibility index (Phi) is 6.84. The van der Waals surface area contributed by atoms with E-state index in [2.05, 4.69) is 10.5 Å². The van der Waals surface area contributed by atoms with Crippen LogP contribution in [0.2, 0.25) is 0 Å². The van der Waals surface area contributed by atoms with Crippen LogP contribution in [0.5, 0.6) is 0 Å². The standard InChI is InChI=1S/C23H21N3O3/c27-23(25-24-17-20-12-7-13-22(16-20)26(28)29)21(14-18-8-3-1-4-9-18)15-19-10-5-2-6-11-19/h1-13,16-17,21H,14-15H2,(H,25,27)/b24-17-. The molecule has 0 aliphatic carbocycles. The van der Waals surface area contributed by atoms with Gasteiger partial charge in [-0.1, -0.05) is 72.8 Å². The number of hydrazone groups is 1. The number of hydrogen-bond acceptors (Lipinski definition) is 4. The molecule has 29 heavy (non-hydrogen) atoms. The van der Waals surface area contributed by atoms with Gasteiger partial charge in [0.15, 0.2) is 0 Å². The summed E-state index contributed by atoms with van der Waals surface area (Å²) >= 11 is 0. The summed E-state index contributed by atoms with van der Waals surface area (Å²) in [5.74, 6) is -0.485. The van der Waals surface area contributed by atoms with Crippen molar-refractivity contribution in [1.29, 1.82) is 0 Å². The Morgan fingerprint density at radius 1 is 0.931 bits per heavy atom. The third-order valence-corrected chi connectivity index (χ3v) is 4.49. The first-order valence-electron chi connectivity index (χ1n) is 9.27. The number of amides is 1. The largest absolute Gasteiger partial charge is 0.273 e. The lowest BCUT2D eigenvalue weighted by atomic mass is 9.92. The molecular weight excluding hydrogens is 366 g/mol. The van der Waals surface area contributed by atoms with Gasteiger partial charge in [0.2, 0.25) is 5.91 Å². The molecule has 1 amide bonds. The zero-order valence-corrected chi connectivity index (χ0v) is 15.8. The topological polar surface area (TPSA) is 84.6 Å². The second-order valence-corrected chi connectivity index (χ2v) is 6.66. The summed E-state index contributed by atoms with van der Waals surface area (Å²) in [6, 6.07) is 25.8. The first kappa shape index (κ1) is 19.9. The summed E-state index contributed by atoms with van der Waals surface area (Å²) < 4.78 is 0. The molecule has 0 fully saturated rings. The molecule has 3 aromatic carbocycles. The van der Waals surface area contributed by atoms with E-state index in [0.717, 1.165) is 11.1 Å². The molecule has 0 aliphatic heterocycles. The molecule has 0 bridgehead atoms. The molecular formula is C23H21N3O3. The van der Waals surface area contributed by atoms with Crippen molar-refractivity contribution >= 4 is 17.8 Å². The van der Waals surface area contributed by atoms with Crippen molar-refractivity contribution in [3.05, 3.63) is 112 Å².